The average Bonchev–Trinajstić information content (AvgIpc) is 2.31. The predicted octanol–water partition coefficient (Wildman–Crippen LogP) is 1.92. The van der Waals surface area contributed by atoms with Gasteiger partial charge in [0.05, 0.1) is 5.54 Å². The van der Waals surface area contributed by atoms with Crippen LogP contribution in [0, 0.1) is 6.92 Å². The minimum atomic E-state index is 0.0337. The molecule has 1 saturated heterocycles. The summed E-state index contributed by atoms with van der Waals surface area (Å²) in [4.78, 5) is 0. The van der Waals surface area contributed by atoms with Crippen LogP contribution in [-0.4, -0.2) is 13.1 Å². The van der Waals surface area contributed by atoms with Gasteiger partial charge in [-0.3, -0.25) is 0 Å². The normalized spacial score (nSPS) is 26.5. The third-order valence-corrected chi connectivity index (χ3v) is 3.45. The Morgan fingerprint density at radius 3 is 2.53 bits per heavy atom. The molecule has 0 bridgehead atoms. The van der Waals surface area contributed by atoms with E-state index in [9.17, 15) is 0 Å². The summed E-state index contributed by atoms with van der Waals surface area (Å²) < 4.78 is 0. The van der Waals surface area contributed by atoms with Gasteiger partial charge < -0.3 is 11.1 Å². The monoisotopic (exact) mass is 204 g/mol. The highest BCUT2D eigenvalue weighted by molar-refractivity contribution is 5.29. The molecule has 15 heavy (non-hydrogen) atoms. The zero-order valence-electron chi connectivity index (χ0n) is 9.42. The van der Waals surface area contributed by atoms with Crippen molar-refractivity contribution < 1.29 is 0 Å². The maximum Gasteiger partial charge on any atom is 0.0558 e. The molecule has 1 fully saturated rings. The number of rotatable bonds is 2. The molecule has 3 N–H and O–H groups in total. The van der Waals surface area contributed by atoms with Gasteiger partial charge in [-0.2, -0.15) is 0 Å². The molecule has 1 unspecified atom stereocenters. The van der Waals surface area contributed by atoms with Crippen molar-refractivity contribution in [3.63, 3.8) is 0 Å². The van der Waals surface area contributed by atoms with Crippen LogP contribution < -0.4 is 11.1 Å². The van der Waals surface area contributed by atoms with Crippen LogP contribution in [0.25, 0.3) is 0 Å². The fourth-order valence-electron chi connectivity index (χ4n) is 2.38. The van der Waals surface area contributed by atoms with Crippen molar-refractivity contribution in [2.24, 2.45) is 5.73 Å². The van der Waals surface area contributed by atoms with Gasteiger partial charge >= 0.3 is 0 Å². The fraction of sp³-hybridized carbons (Fsp3) is 0.538. The zero-order chi connectivity index (χ0) is 10.7. The Morgan fingerprint density at radius 2 is 2.00 bits per heavy atom. The van der Waals surface area contributed by atoms with Crippen molar-refractivity contribution in [2.75, 3.05) is 13.1 Å². The Bertz CT molecular complexity index is 310. The summed E-state index contributed by atoms with van der Waals surface area (Å²) in [5.74, 6) is 0. The van der Waals surface area contributed by atoms with Gasteiger partial charge in [0.25, 0.3) is 0 Å². The quantitative estimate of drug-likeness (QED) is 0.772. The summed E-state index contributed by atoms with van der Waals surface area (Å²) in [5.41, 5.74) is 8.63. The van der Waals surface area contributed by atoms with Crippen molar-refractivity contribution in [3.8, 4) is 0 Å². The van der Waals surface area contributed by atoms with E-state index >= 15 is 0 Å². The molecule has 1 aromatic carbocycles. The molecule has 1 aromatic rings. The number of hydrogen-bond donors (Lipinski definition) is 2. The number of aryl methyl sites for hydroxylation is 1. The van der Waals surface area contributed by atoms with Gasteiger partial charge in [-0.25, -0.2) is 0 Å². The Kier molecular flexibility index (Phi) is 3.08. The topological polar surface area (TPSA) is 38.0 Å². The molecule has 2 heteroatoms. The van der Waals surface area contributed by atoms with Gasteiger partial charge in [-0.1, -0.05) is 29.8 Å². The minimum absolute atomic E-state index is 0.0337. The Hall–Kier alpha value is -0.860. The number of nitrogens with two attached hydrogens (primary N) is 1. The predicted molar refractivity (Wildman–Crippen MR) is 63.8 cm³/mol. The fourth-order valence-corrected chi connectivity index (χ4v) is 2.38. The van der Waals surface area contributed by atoms with Gasteiger partial charge in [-0.05, 0) is 38.3 Å². The summed E-state index contributed by atoms with van der Waals surface area (Å²) in [5, 5.41) is 3.59. The highest BCUT2D eigenvalue weighted by Gasteiger charge is 2.31. The van der Waals surface area contributed by atoms with Crippen molar-refractivity contribution >= 4 is 0 Å². The van der Waals surface area contributed by atoms with Crippen LogP contribution in [0.15, 0.2) is 24.3 Å². The third-order valence-electron chi connectivity index (χ3n) is 3.45. The first-order chi connectivity index (χ1) is 7.27. The third kappa shape index (κ3) is 2.06. The lowest BCUT2D eigenvalue weighted by molar-refractivity contribution is 0.265. The van der Waals surface area contributed by atoms with Crippen LogP contribution >= 0.6 is 0 Å². The molecule has 82 valence electrons. The van der Waals surface area contributed by atoms with E-state index < -0.39 is 0 Å². The van der Waals surface area contributed by atoms with Crippen LogP contribution in [0.4, 0.5) is 0 Å². The molecule has 0 radical (unpaired) electrons. The van der Waals surface area contributed by atoms with Gasteiger partial charge in [-0.15, -0.1) is 0 Å². The van der Waals surface area contributed by atoms with E-state index in [1.165, 1.54) is 24.0 Å². The van der Waals surface area contributed by atoms with E-state index in [-0.39, 0.29) is 5.54 Å². The van der Waals surface area contributed by atoms with Crippen LogP contribution in [0.5, 0.6) is 0 Å². The molecule has 1 aliphatic rings. The average molecular weight is 204 g/mol. The minimum Gasteiger partial charge on any atom is -0.328 e. The van der Waals surface area contributed by atoms with Crippen molar-refractivity contribution in [1.29, 1.82) is 0 Å². The molecule has 1 heterocycles. The summed E-state index contributed by atoms with van der Waals surface area (Å²) in [6.07, 6.45) is 3.71. The molecule has 0 spiro atoms. The molecule has 2 rings (SSSR count). The molecule has 2 nitrogen and oxygen atoms in total. The Morgan fingerprint density at radius 1 is 1.27 bits per heavy atom. The highest BCUT2D eigenvalue weighted by Crippen LogP contribution is 2.29. The lowest BCUT2D eigenvalue weighted by Gasteiger charge is -2.38. The maximum atomic E-state index is 5.95. The molecule has 0 saturated carbocycles. The smallest absolute Gasteiger partial charge is 0.0558 e. The summed E-state index contributed by atoms with van der Waals surface area (Å²) in [7, 11) is 0. The molecular weight excluding hydrogens is 184 g/mol. The van der Waals surface area contributed by atoms with Crippen LogP contribution in [-0.2, 0) is 5.54 Å². The molecule has 0 amide bonds. The van der Waals surface area contributed by atoms with Gasteiger partial charge in [0.15, 0.2) is 0 Å². The zero-order valence-corrected chi connectivity index (χ0v) is 9.42. The van der Waals surface area contributed by atoms with Gasteiger partial charge in [0.2, 0.25) is 0 Å². The first-order valence-electron chi connectivity index (χ1n) is 5.79. The first-order valence-corrected chi connectivity index (χ1v) is 5.79. The molecule has 0 aromatic heterocycles. The molecular formula is C13H20N2. The van der Waals surface area contributed by atoms with Gasteiger partial charge in [0, 0.05) is 6.54 Å². The molecule has 1 atom stereocenters. The number of piperidine rings is 1. The summed E-state index contributed by atoms with van der Waals surface area (Å²) in [6, 6.07) is 8.76. The lowest BCUT2D eigenvalue weighted by Crippen LogP contribution is -2.51. The highest BCUT2D eigenvalue weighted by atomic mass is 15.0. The molecule has 1 aliphatic heterocycles. The van der Waals surface area contributed by atoms with Crippen LogP contribution in [0.2, 0.25) is 0 Å². The molecule has 0 aliphatic carbocycles. The van der Waals surface area contributed by atoms with E-state index in [0.717, 1.165) is 13.0 Å². The number of nitrogens with one attached hydrogen (secondary N) is 1. The van der Waals surface area contributed by atoms with Crippen LogP contribution in [0.1, 0.15) is 30.4 Å². The first kappa shape index (κ1) is 10.7. The lowest BCUT2D eigenvalue weighted by atomic mass is 9.82. The van der Waals surface area contributed by atoms with E-state index in [2.05, 4.69) is 36.5 Å². The largest absolute Gasteiger partial charge is 0.328 e. The summed E-state index contributed by atoms with van der Waals surface area (Å²) >= 11 is 0. The second-order valence-electron chi connectivity index (χ2n) is 4.54. The Labute approximate surface area is 91.9 Å². The van der Waals surface area contributed by atoms with E-state index in [1.807, 2.05) is 0 Å². The van der Waals surface area contributed by atoms with E-state index in [4.69, 9.17) is 5.73 Å². The van der Waals surface area contributed by atoms with Crippen LogP contribution in [0.3, 0.4) is 0 Å². The van der Waals surface area contributed by atoms with Gasteiger partial charge in [0.1, 0.15) is 0 Å². The number of hydrogen-bond acceptors (Lipinski definition) is 2. The second kappa shape index (κ2) is 4.33. The summed E-state index contributed by atoms with van der Waals surface area (Å²) in [6.45, 7) is 3.90. The van der Waals surface area contributed by atoms with Crippen molar-refractivity contribution in [3.05, 3.63) is 35.4 Å². The van der Waals surface area contributed by atoms with E-state index in [0.29, 0.717) is 6.54 Å². The van der Waals surface area contributed by atoms with Crippen molar-refractivity contribution in [1.82, 2.24) is 5.32 Å². The maximum absolute atomic E-state index is 5.95. The van der Waals surface area contributed by atoms with E-state index in [1.54, 1.807) is 0 Å². The standard InChI is InChI=1S/C13H20N2/c1-11-4-6-12(7-5-11)13(10-14)8-2-3-9-15-13/h4-7,15H,2-3,8-10,14H2,1H3. The van der Waals surface area contributed by atoms with Crippen molar-refractivity contribution in [2.45, 2.75) is 31.7 Å². The number of benzene rings is 1. The second-order valence-corrected chi connectivity index (χ2v) is 4.54. The Balaban J connectivity index is 2.28. The SMILES string of the molecule is Cc1ccc(C2(CN)CCCCN2)cc1.